The fourth-order valence-corrected chi connectivity index (χ4v) is 2.19. The molecule has 2 rings (SSSR count). The number of hydrogen-bond donors (Lipinski definition) is 1. The summed E-state index contributed by atoms with van der Waals surface area (Å²) in [6.07, 6.45) is 1.56. The number of rotatable bonds is 3. The molecule has 1 aliphatic heterocycles. The van der Waals surface area contributed by atoms with Crippen LogP contribution in [0.25, 0.3) is 0 Å². The van der Waals surface area contributed by atoms with Crippen molar-refractivity contribution in [2.45, 2.75) is 25.3 Å². The van der Waals surface area contributed by atoms with Gasteiger partial charge in [0.15, 0.2) is 0 Å². The predicted octanol–water partition coefficient (Wildman–Crippen LogP) is 1.86. The molecule has 3 nitrogen and oxygen atoms in total. The van der Waals surface area contributed by atoms with Crippen LogP contribution in [0.15, 0.2) is 24.3 Å². The van der Waals surface area contributed by atoms with Crippen LogP contribution in [-0.2, 0) is 16.0 Å². The number of ether oxygens (including phenoxy) is 1. The quantitative estimate of drug-likeness (QED) is 0.838. The molecule has 4 heteroatoms. The number of nitrogens with one attached hydrogen (secondary N) is 1. The summed E-state index contributed by atoms with van der Waals surface area (Å²) in [4.78, 5) is 11.7. The Hall–Kier alpha value is -1.06. The third kappa shape index (κ3) is 2.79. The number of methoxy groups -OCH3 is 1. The van der Waals surface area contributed by atoms with Crippen molar-refractivity contribution < 1.29 is 9.53 Å². The number of hydrogen-bond acceptors (Lipinski definition) is 3. The molecular weight excluding hydrogens is 238 g/mol. The summed E-state index contributed by atoms with van der Waals surface area (Å²) in [6.45, 7) is 2.95. The van der Waals surface area contributed by atoms with Crippen LogP contribution in [0.4, 0.5) is 0 Å². The Morgan fingerprint density at radius 1 is 1.53 bits per heavy atom. The normalized spacial score (nSPS) is 22.2. The zero-order chi connectivity index (χ0) is 11.6. The lowest BCUT2D eigenvalue weighted by atomic mass is 9.81. The predicted molar refractivity (Wildman–Crippen MR) is 69.5 cm³/mol. The molecule has 1 aliphatic rings. The highest BCUT2D eigenvalue weighted by Gasteiger charge is 2.44. The van der Waals surface area contributed by atoms with E-state index in [1.807, 2.05) is 6.07 Å². The minimum absolute atomic E-state index is 0. The van der Waals surface area contributed by atoms with Crippen molar-refractivity contribution in [3.8, 4) is 0 Å². The van der Waals surface area contributed by atoms with Crippen LogP contribution in [0.2, 0.25) is 0 Å². The number of benzene rings is 1. The topological polar surface area (TPSA) is 38.3 Å². The number of aryl methyl sites for hydroxylation is 1. The van der Waals surface area contributed by atoms with E-state index in [0.717, 1.165) is 13.0 Å². The van der Waals surface area contributed by atoms with E-state index in [9.17, 15) is 4.79 Å². The van der Waals surface area contributed by atoms with Gasteiger partial charge in [0, 0.05) is 6.42 Å². The van der Waals surface area contributed by atoms with Crippen LogP contribution in [0, 0.1) is 6.92 Å². The highest BCUT2D eigenvalue weighted by molar-refractivity contribution is 5.85. The molecular formula is C13H18ClNO2. The van der Waals surface area contributed by atoms with Crippen LogP contribution in [0.5, 0.6) is 0 Å². The second-order valence-electron chi connectivity index (χ2n) is 4.42. The second-order valence-corrected chi connectivity index (χ2v) is 4.42. The molecule has 0 amide bonds. The van der Waals surface area contributed by atoms with E-state index >= 15 is 0 Å². The monoisotopic (exact) mass is 255 g/mol. The van der Waals surface area contributed by atoms with E-state index in [4.69, 9.17) is 4.74 Å². The zero-order valence-electron chi connectivity index (χ0n) is 10.2. The van der Waals surface area contributed by atoms with Gasteiger partial charge in [0.1, 0.15) is 5.54 Å². The lowest BCUT2D eigenvalue weighted by Gasteiger charge is -2.40. The van der Waals surface area contributed by atoms with Crippen molar-refractivity contribution in [3.63, 3.8) is 0 Å². The third-order valence-corrected chi connectivity index (χ3v) is 3.18. The van der Waals surface area contributed by atoms with E-state index in [1.165, 1.54) is 18.2 Å². The molecule has 0 bridgehead atoms. The van der Waals surface area contributed by atoms with E-state index in [0.29, 0.717) is 6.42 Å². The number of carbonyl (C=O) groups is 1. The van der Waals surface area contributed by atoms with Crippen molar-refractivity contribution in [2.24, 2.45) is 0 Å². The first-order valence-electron chi connectivity index (χ1n) is 5.55. The van der Waals surface area contributed by atoms with Crippen molar-refractivity contribution in [2.75, 3.05) is 13.7 Å². The summed E-state index contributed by atoms with van der Waals surface area (Å²) in [5.41, 5.74) is 1.91. The molecule has 1 atom stereocenters. The lowest BCUT2D eigenvalue weighted by Crippen LogP contribution is -2.64. The Morgan fingerprint density at radius 3 is 2.71 bits per heavy atom. The summed E-state index contributed by atoms with van der Waals surface area (Å²) >= 11 is 0. The van der Waals surface area contributed by atoms with Gasteiger partial charge in [-0.05, 0) is 25.5 Å². The van der Waals surface area contributed by atoms with Gasteiger partial charge >= 0.3 is 5.97 Å². The maximum Gasteiger partial charge on any atom is 0.326 e. The van der Waals surface area contributed by atoms with Crippen LogP contribution in [0.1, 0.15) is 17.5 Å². The smallest absolute Gasteiger partial charge is 0.326 e. The van der Waals surface area contributed by atoms with Crippen molar-refractivity contribution in [3.05, 3.63) is 35.4 Å². The molecule has 0 aromatic heterocycles. The van der Waals surface area contributed by atoms with Gasteiger partial charge in [-0.15, -0.1) is 12.4 Å². The molecule has 17 heavy (non-hydrogen) atoms. The molecule has 0 aliphatic carbocycles. The first-order chi connectivity index (χ1) is 7.66. The lowest BCUT2D eigenvalue weighted by molar-refractivity contribution is -0.152. The summed E-state index contributed by atoms with van der Waals surface area (Å²) in [7, 11) is 1.44. The first-order valence-corrected chi connectivity index (χ1v) is 5.55. The Balaban J connectivity index is 0.00000144. The van der Waals surface area contributed by atoms with Gasteiger partial charge in [-0.3, -0.25) is 4.79 Å². The molecule has 0 spiro atoms. The standard InChI is InChI=1S/C13H17NO2.ClH/c1-10-4-3-5-11(8-10)9-13(6-7-14-13)12(15)16-2;/h3-5,8,14H,6-7,9H2,1-2H3;1H. The Morgan fingerprint density at radius 2 is 2.24 bits per heavy atom. The van der Waals surface area contributed by atoms with Gasteiger partial charge in [0.2, 0.25) is 0 Å². The van der Waals surface area contributed by atoms with E-state index in [1.54, 1.807) is 0 Å². The van der Waals surface area contributed by atoms with Crippen LogP contribution >= 0.6 is 12.4 Å². The summed E-state index contributed by atoms with van der Waals surface area (Å²) in [5.74, 6) is -0.153. The molecule has 1 saturated heterocycles. The molecule has 1 heterocycles. The molecule has 1 unspecified atom stereocenters. The number of carbonyl (C=O) groups excluding carboxylic acids is 1. The molecule has 0 saturated carbocycles. The number of halogens is 1. The maximum absolute atomic E-state index is 11.7. The SMILES string of the molecule is COC(=O)C1(Cc2cccc(C)c2)CCN1.Cl. The summed E-state index contributed by atoms with van der Waals surface area (Å²) in [6, 6.07) is 8.25. The number of esters is 1. The van der Waals surface area contributed by atoms with Crippen LogP contribution in [0.3, 0.4) is 0 Å². The molecule has 1 N–H and O–H groups in total. The summed E-state index contributed by atoms with van der Waals surface area (Å²) < 4.78 is 4.86. The van der Waals surface area contributed by atoms with Gasteiger partial charge < -0.3 is 10.1 Å². The zero-order valence-corrected chi connectivity index (χ0v) is 11.0. The largest absolute Gasteiger partial charge is 0.468 e. The third-order valence-electron chi connectivity index (χ3n) is 3.18. The van der Waals surface area contributed by atoms with Crippen molar-refractivity contribution in [1.29, 1.82) is 0 Å². The average molecular weight is 256 g/mol. The minimum Gasteiger partial charge on any atom is -0.468 e. The highest BCUT2D eigenvalue weighted by atomic mass is 35.5. The van der Waals surface area contributed by atoms with Gasteiger partial charge in [0.05, 0.1) is 7.11 Å². The average Bonchev–Trinajstić information content (AvgIpc) is 2.22. The molecule has 0 radical (unpaired) electrons. The molecule has 94 valence electrons. The Bertz CT molecular complexity index is 402. The Kier molecular flexibility index (Phi) is 4.54. The minimum atomic E-state index is -0.484. The first kappa shape index (κ1) is 14.0. The van der Waals surface area contributed by atoms with Gasteiger partial charge in [0.25, 0.3) is 0 Å². The van der Waals surface area contributed by atoms with Crippen LogP contribution < -0.4 is 5.32 Å². The van der Waals surface area contributed by atoms with E-state index in [2.05, 4.69) is 30.4 Å². The van der Waals surface area contributed by atoms with Crippen molar-refractivity contribution in [1.82, 2.24) is 5.32 Å². The Labute approximate surface area is 108 Å². The van der Waals surface area contributed by atoms with Crippen LogP contribution in [-0.4, -0.2) is 25.2 Å². The molecule has 1 aromatic rings. The van der Waals surface area contributed by atoms with E-state index in [-0.39, 0.29) is 18.4 Å². The fraction of sp³-hybridized carbons (Fsp3) is 0.462. The second kappa shape index (κ2) is 5.52. The summed E-state index contributed by atoms with van der Waals surface area (Å²) in [5, 5.41) is 3.20. The van der Waals surface area contributed by atoms with Gasteiger partial charge in [-0.25, -0.2) is 0 Å². The van der Waals surface area contributed by atoms with Gasteiger partial charge in [-0.2, -0.15) is 0 Å². The van der Waals surface area contributed by atoms with E-state index < -0.39 is 5.54 Å². The van der Waals surface area contributed by atoms with Gasteiger partial charge in [-0.1, -0.05) is 29.8 Å². The molecule has 1 fully saturated rings. The van der Waals surface area contributed by atoms with Crippen molar-refractivity contribution >= 4 is 18.4 Å². The molecule has 1 aromatic carbocycles. The highest BCUT2D eigenvalue weighted by Crippen LogP contribution is 2.25. The maximum atomic E-state index is 11.7. The fourth-order valence-electron chi connectivity index (χ4n) is 2.19.